The lowest BCUT2D eigenvalue weighted by Crippen LogP contribution is -2.59. The minimum absolute atomic E-state index is 0.0559. The molecule has 1 aromatic rings. The lowest BCUT2D eigenvalue weighted by Gasteiger charge is -2.51. The van der Waals surface area contributed by atoms with Crippen LogP contribution in [0.1, 0.15) is 85.3 Å². The normalized spacial score (nSPS) is 29.6. The highest BCUT2D eigenvalue weighted by molar-refractivity contribution is 6.06. The van der Waals surface area contributed by atoms with Crippen LogP contribution in [0.3, 0.4) is 0 Å². The topological polar surface area (TPSA) is 24.8 Å². The van der Waals surface area contributed by atoms with Crippen molar-refractivity contribution in [1.82, 2.24) is 5.06 Å². The summed E-state index contributed by atoms with van der Waals surface area (Å²) in [6, 6.07) is 8.77. The predicted octanol–water partition coefficient (Wildman–Crippen LogP) is 5.95. The van der Waals surface area contributed by atoms with Crippen LogP contribution in [0.4, 0.5) is 0 Å². The summed E-state index contributed by atoms with van der Waals surface area (Å²) in [7, 11) is 0. The van der Waals surface area contributed by atoms with Crippen LogP contribution in [0.25, 0.3) is 0 Å². The fraction of sp³-hybridized carbons (Fsp3) is 0.708. The maximum absolute atomic E-state index is 6.52. The van der Waals surface area contributed by atoms with Crippen molar-refractivity contribution in [1.29, 1.82) is 0 Å². The Balaban J connectivity index is 1.81. The second kappa shape index (κ2) is 6.70. The summed E-state index contributed by atoms with van der Waals surface area (Å²) in [4.78, 5) is 11.7. The summed E-state index contributed by atoms with van der Waals surface area (Å²) >= 11 is 0. The number of nitrogens with zero attached hydrogens (tertiary/aromatic N) is 2. The summed E-state index contributed by atoms with van der Waals surface area (Å²) in [6.45, 7) is 18.8. The molecule has 2 heterocycles. The van der Waals surface area contributed by atoms with Crippen molar-refractivity contribution in [2.24, 2.45) is 10.4 Å². The van der Waals surface area contributed by atoms with E-state index in [2.05, 4.69) is 84.7 Å². The van der Waals surface area contributed by atoms with Gasteiger partial charge in [0.05, 0.1) is 12.1 Å². The molecule has 0 spiro atoms. The van der Waals surface area contributed by atoms with Gasteiger partial charge in [0.1, 0.15) is 0 Å². The Morgan fingerprint density at radius 1 is 0.926 bits per heavy atom. The van der Waals surface area contributed by atoms with E-state index in [0.29, 0.717) is 6.61 Å². The lowest BCUT2D eigenvalue weighted by molar-refractivity contribution is -0.286. The molecule has 150 valence electrons. The highest BCUT2D eigenvalue weighted by Crippen LogP contribution is 2.43. The van der Waals surface area contributed by atoms with Gasteiger partial charge in [-0.15, -0.1) is 0 Å². The van der Waals surface area contributed by atoms with E-state index >= 15 is 0 Å². The SMILES string of the molecule is Cc1ccc(C2=NC(C)(CON3C(C)(C)CCCC3(C)C)CC2(C)C)cc1. The molecular weight excluding hydrogens is 332 g/mol. The van der Waals surface area contributed by atoms with Crippen LogP contribution >= 0.6 is 0 Å². The van der Waals surface area contributed by atoms with E-state index in [9.17, 15) is 0 Å². The molecule has 0 saturated carbocycles. The zero-order chi connectivity index (χ0) is 20.1. The van der Waals surface area contributed by atoms with E-state index in [1.807, 2.05) is 0 Å². The van der Waals surface area contributed by atoms with Crippen molar-refractivity contribution >= 4 is 5.71 Å². The van der Waals surface area contributed by atoms with E-state index in [1.165, 1.54) is 36.1 Å². The van der Waals surface area contributed by atoms with Crippen molar-refractivity contribution < 1.29 is 4.84 Å². The average Bonchev–Trinajstić information content (AvgIpc) is 2.76. The second-order valence-corrected chi connectivity index (χ2v) is 10.9. The molecule has 1 unspecified atom stereocenters. The molecule has 0 bridgehead atoms. The molecule has 1 fully saturated rings. The Morgan fingerprint density at radius 3 is 2.04 bits per heavy atom. The number of hydrogen-bond acceptors (Lipinski definition) is 3. The Kier molecular flexibility index (Phi) is 5.10. The quantitative estimate of drug-likeness (QED) is 0.654. The van der Waals surface area contributed by atoms with Crippen molar-refractivity contribution in [3.05, 3.63) is 35.4 Å². The van der Waals surface area contributed by atoms with Crippen LogP contribution in [0, 0.1) is 12.3 Å². The van der Waals surface area contributed by atoms with Gasteiger partial charge in [0.2, 0.25) is 0 Å². The third kappa shape index (κ3) is 4.14. The molecular formula is C24H38N2O. The van der Waals surface area contributed by atoms with Crippen LogP contribution in [-0.2, 0) is 4.84 Å². The van der Waals surface area contributed by atoms with Gasteiger partial charge in [-0.3, -0.25) is 9.83 Å². The number of aryl methyl sites for hydroxylation is 1. The highest BCUT2D eigenvalue weighted by atomic mass is 16.7. The van der Waals surface area contributed by atoms with Gasteiger partial charge < -0.3 is 0 Å². The summed E-state index contributed by atoms with van der Waals surface area (Å²) in [6.07, 6.45) is 4.63. The number of hydrogen-bond donors (Lipinski definition) is 0. The van der Waals surface area contributed by atoms with Crippen LogP contribution in [0.5, 0.6) is 0 Å². The number of aliphatic imine (C=N–C) groups is 1. The fourth-order valence-corrected chi connectivity index (χ4v) is 5.28. The maximum atomic E-state index is 6.52. The predicted molar refractivity (Wildman–Crippen MR) is 114 cm³/mol. The number of rotatable bonds is 4. The van der Waals surface area contributed by atoms with Crippen molar-refractivity contribution in [3.8, 4) is 0 Å². The molecule has 2 aliphatic rings. The van der Waals surface area contributed by atoms with Crippen molar-refractivity contribution in [2.45, 2.75) is 97.7 Å². The summed E-state index contributed by atoms with van der Waals surface area (Å²) in [5, 5.41) is 2.27. The minimum atomic E-state index is -0.187. The molecule has 0 aromatic heterocycles. The van der Waals surface area contributed by atoms with E-state index < -0.39 is 0 Å². The molecule has 0 radical (unpaired) electrons. The van der Waals surface area contributed by atoms with Gasteiger partial charge in [0.25, 0.3) is 0 Å². The minimum Gasteiger partial charge on any atom is -0.295 e. The van der Waals surface area contributed by atoms with Gasteiger partial charge >= 0.3 is 0 Å². The molecule has 3 nitrogen and oxygen atoms in total. The largest absolute Gasteiger partial charge is 0.295 e. The molecule has 0 N–H and O–H groups in total. The maximum Gasteiger partial charge on any atom is 0.0935 e. The first kappa shape index (κ1) is 20.5. The molecule has 0 aliphatic carbocycles. The standard InChI is InChI=1S/C24H38N2O/c1-18-10-12-19(13-11-18)20-21(2,3)16-24(8,25-20)17-27-26-22(4,5)14-9-15-23(26,6)7/h10-13H,9,14-17H2,1-8H3. The zero-order valence-corrected chi connectivity index (χ0v) is 18.6. The van der Waals surface area contributed by atoms with Gasteiger partial charge in [0.15, 0.2) is 0 Å². The van der Waals surface area contributed by atoms with Crippen LogP contribution in [0.15, 0.2) is 29.3 Å². The Morgan fingerprint density at radius 2 is 1.48 bits per heavy atom. The molecule has 1 saturated heterocycles. The van der Waals surface area contributed by atoms with Crippen LogP contribution in [-0.4, -0.2) is 34.0 Å². The fourth-order valence-electron chi connectivity index (χ4n) is 5.28. The van der Waals surface area contributed by atoms with E-state index in [4.69, 9.17) is 9.83 Å². The Labute approximate surface area is 166 Å². The summed E-state index contributed by atoms with van der Waals surface area (Å²) in [5.41, 5.74) is 3.74. The molecule has 1 aromatic carbocycles. The molecule has 27 heavy (non-hydrogen) atoms. The smallest absolute Gasteiger partial charge is 0.0935 e. The third-order valence-corrected chi connectivity index (χ3v) is 6.35. The zero-order valence-electron chi connectivity index (χ0n) is 18.6. The van der Waals surface area contributed by atoms with E-state index in [-0.39, 0.29) is 22.0 Å². The Hall–Kier alpha value is -1.19. The summed E-state index contributed by atoms with van der Waals surface area (Å²) < 4.78 is 0. The average molecular weight is 371 g/mol. The first-order valence-corrected chi connectivity index (χ1v) is 10.5. The highest BCUT2D eigenvalue weighted by Gasteiger charge is 2.47. The van der Waals surface area contributed by atoms with Gasteiger partial charge in [0, 0.05) is 22.2 Å². The first-order valence-electron chi connectivity index (χ1n) is 10.5. The Bertz CT molecular complexity index is 698. The van der Waals surface area contributed by atoms with Crippen molar-refractivity contribution in [2.75, 3.05) is 6.61 Å². The number of hydroxylamine groups is 2. The second-order valence-electron chi connectivity index (χ2n) is 10.9. The molecule has 1 atom stereocenters. The lowest BCUT2D eigenvalue weighted by atomic mass is 9.78. The van der Waals surface area contributed by atoms with Gasteiger partial charge in [-0.2, -0.15) is 5.06 Å². The third-order valence-electron chi connectivity index (χ3n) is 6.35. The summed E-state index contributed by atoms with van der Waals surface area (Å²) in [5.74, 6) is 0. The van der Waals surface area contributed by atoms with E-state index in [1.54, 1.807) is 0 Å². The van der Waals surface area contributed by atoms with Gasteiger partial charge in [-0.25, -0.2) is 0 Å². The molecule has 0 amide bonds. The van der Waals surface area contributed by atoms with Crippen molar-refractivity contribution in [3.63, 3.8) is 0 Å². The van der Waals surface area contributed by atoms with E-state index in [0.717, 1.165) is 6.42 Å². The monoisotopic (exact) mass is 370 g/mol. The first-order chi connectivity index (χ1) is 12.3. The van der Waals surface area contributed by atoms with Crippen LogP contribution in [0.2, 0.25) is 0 Å². The molecule has 3 heteroatoms. The molecule has 3 rings (SSSR count). The van der Waals surface area contributed by atoms with Gasteiger partial charge in [-0.05, 0) is 72.8 Å². The molecule has 2 aliphatic heterocycles. The van der Waals surface area contributed by atoms with Crippen LogP contribution < -0.4 is 0 Å². The number of benzene rings is 1. The number of piperidine rings is 1. The van der Waals surface area contributed by atoms with Gasteiger partial charge in [-0.1, -0.05) is 43.7 Å².